The summed E-state index contributed by atoms with van der Waals surface area (Å²) >= 11 is 1.31. The van der Waals surface area contributed by atoms with Crippen LogP contribution in [0.3, 0.4) is 0 Å². The zero-order valence-corrected chi connectivity index (χ0v) is 17.5. The Kier molecular flexibility index (Phi) is 5.53. The van der Waals surface area contributed by atoms with Crippen molar-refractivity contribution in [3.8, 4) is 11.4 Å². The molecule has 1 heterocycles. The van der Waals surface area contributed by atoms with E-state index in [-0.39, 0.29) is 11.2 Å². The fourth-order valence-corrected chi connectivity index (χ4v) is 4.27. The van der Waals surface area contributed by atoms with Crippen molar-refractivity contribution in [2.24, 2.45) is 0 Å². The number of fused-ring (bicyclic) bond motifs is 1. The quantitative estimate of drug-likeness (QED) is 0.627. The number of aromatic nitrogens is 4. The number of rotatable bonds is 6. The number of anilines is 1. The van der Waals surface area contributed by atoms with Gasteiger partial charge in [-0.15, -0.1) is 5.10 Å². The van der Waals surface area contributed by atoms with Gasteiger partial charge >= 0.3 is 0 Å². The van der Waals surface area contributed by atoms with E-state index >= 15 is 0 Å². The van der Waals surface area contributed by atoms with Crippen molar-refractivity contribution in [1.82, 2.24) is 20.2 Å². The molecule has 0 radical (unpaired) electrons. The lowest BCUT2D eigenvalue weighted by Crippen LogP contribution is -2.23. The van der Waals surface area contributed by atoms with Gasteiger partial charge in [-0.25, -0.2) is 0 Å². The Morgan fingerprint density at radius 2 is 2.03 bits per heavy atom. The smallest absolute Gasteiger partial charge is 0.237 e. The number of tetrazole rings is 1. The number of ether oxygens (including phenoxy) is 1. The Bertz CT molecular complexity index is 1050. The Morgan fingerprint density at radius 3 is 2.86 bits per heavy atom. The molecule has 0 saturated heterocycles. The molecule has 1 N–H and O–H groups in total. The first-order chi connectivity index (χ1) is 14.0. The predicted molar refractivity (Wildman–Crippen MR) is 113 cm³/mol. The lowest BCUT2D eigenvalue weighted by atomic mass is 10.1. The number of aryl methyl sites for hydroxylation is 3. The van der Waals surface area contributed by atoms with E-state index in [1.54, 1.807) is 11.8 Å². The summed E-state index contributed by atoms with van der Waals surface area (Å²) in [6.07, 6.45) is 3.39. The first-order valence-corrected chi connectivity index (χ1v) is 10.5. The molecule has 1 atom stereocenters. The minimum atomic E-state index is -0.371. The van der Waals surface area contributed by atoms with Crippen LogP contribution in [0.2, 0.25) is 0 Å². The van der Waals surface area contributed by atoms with Gasteiger partial charge in [-0.2, -0.15) is 4.68 Å². The third kappa shape index (κ3) is 4.12. The van der Waals surface area contributed by atoms with Gasteiger partial charge < -0.3 is 10.1 Å². The van der Waals surface area contributed by atoms with Crippen LogP contribution in [0, 0.1) is 6.92 Å². The summed E-state index contributed by atoms with van der Waals surface area (Å²) in [4.78, 5) is 12.7. The van der Waals surface area contributed by atoms with Gasteiger partial charge in [0, 0.05) is 5.69 Å². The van der Waals surface area contributed by atoms with Crippen LogP contribution in [0.25, 0.3) is 5.69 Å². The average Bonchev–Trinajstić information content (AvgIpc) is 3.36. The van der Waals surface area contributed by atoms with E-state index < -0.39 is 0 Å². The second-order valence-electron chi connectivity index (χ2n) is 7.13. The van der Waals surface area contributed by atoms with Crippen molar-refractivity contribution in [2.75, 3.05) is 12.4 Å². The van der Waals surface area contributed by atoms with Gasteiger partial charge in [0.15, 0.2) is 0 Å². The van der Waals surface area contributed by atoms with E-state index in [2.05, 4.69) is 33.0 Å². The maximum Gasteiger partial charge on any atom is 0.237 e. The molecule has 0 saturated carbocycles. The number of nitrogens with one attached hydrogen (secondary N) is 1. The number of benzene rings is 2. The number of carbonyl (C=O) groups excluding carboxylic acids is 1. The van der Waals surface area contributed by atoms with Crippen molar-refractivity contribution < 1.29 is 9.53 Å². The van der Waals surface area contributed by atoms with Gasteiger partial charge in [0.25, 0.3) is 0 Å². The summed E-state index contributed by atoms with van der Waals surface area (Å²) in [6, 6.07) is 12.0. The van der Waals surface area contributed by atoms with Crippen LogP contribution in [0.5, 0.6) is 5.75 Å². The van der Waals surface area contributed by atoms with Gasteiger partial charge in [0.2, 0.25) is 11.1 Å². The third-order valence-electron chi connectivity index (χ3n) is 5.02. The topological polar surface area (TPSA) is 81.9 Å². The molecule has 8 heteroatoms. The van der Waals surface area contributed by atoms with Gasteiger partial charge in [0.1, 0.15) is 11.4 Å². The zero-order valence-electron chi connectivity index (χ0n) is 16.7. The Hall–Kier alpha value is -2.87. The molecule has 2 aromatic carbocycles. The van der Waals surface area contributed by atoms with E-state index in [0.29, 0.717) is 10.9 Å². The summed E-state index contributed by atoms with van der Waals surface area (Å²) in [7, 11) is 1.61. The van der Waals surface area contributed by atoms with Crippen LogP contribution in [-0.2, 0) is 17.6 Å². The molecular formula is C21H23N5O2S. The fraction of sp³-hybridized carbons (Fsp3) is 0.333. The molecule has 29 heavy (non-hydrogen) atoms. The number of hydrogen-bond donors (Lipinski definition) is 1. The molecule has 0 fully saturated rings. The maximum atomic E-state index is 12.7. The molecule has 1 aliphatic carbocycles. The first kappa shape index (κ1) is 19.4. The van der Waals surface area contributed by atoms with Gasteiger partial charge in [-0.05, 0) is 84.5 Å². The molecule has 0 unspecified atom stereocenters. The summed E-state index contributed by atoms with van der Waals surface area (Å²) < 4.78 is 7.05. The number of amides is 1. The summed E-state index contributed by atoms with van der Waals surface area (Å²) in [5.74, 6) is 0.582. The van der Waals surface area contributed by atoms with E-state index in [4.69, 9.17) is 4.74 Å². The minimum Gasteiger partial charge on any atom is -0.494 e. The van der Waals surface area contributed by atoms with E-state index in [9.17, 15) is 4.79 Å². The Balaban J connectivity index is 1.49. The standard InChI is InChI=1S/C21H23N5O2S/c1-13-7-10-19(28-3)18(11-13)26-21(23-24-25-26)29-14(2)20(27)22-17-9-8-15-5-4-6-16(15)12-17/h7-12,14H,4-6H2,1-3H3,(H,22,27)/t14-/m1/s1. The van der Waals surface area contributed by atoms with Gasteiger partial charge in [0.05, 0.1) is 12.4 Å². The maximum absolute atomic E-state index is 12.7. The Morgan fingerprint density at radius 1 is 1.21 bits per heavy atom. The summed E-state index contributed by atoms with van der Waals surface area (Å²) in [5, 5.41) is 15.2. The molecule has 1 aromatic heterocycles. The minimum absolute atomic E-state index is 0.0845. The van der Waals surface area contributed by atoms with E-state index in [1.165, 1.54) is 29.3 Å². The number of thioether (sulfide) groups is 1. The summed E-state index contributed by atoms with van der Waals surface area (Å²) in [5.41, 5.74) is 5.36. The molecule has 3 aromatic rings. The molecule has 150 valence electrons. The molecule has 7 nitrogen and oxygen atoms in total. The lowest BCUT2D eigenvalue weighted by Gasteiger charge is -2.14. The monoisotopic (exact) mass is 409 g/mol. The molecule has 1 amide bonds. The van der Waals surface area contributed by atoms with E-state index in [1.807, 2.05) is 38.1 Å². The average molecular weight is 410 g/mol. The van der Waals surface area contributed by atoms with Crippen molar-refractivity contribution in [1.29, 1.82) is 0 Å². The van der Waals surface area contributed by atoms with Crippen molar-refractivity contribution in [2.45, 2.75) is 43.5 Å². The predicted octanol–water partition coefficient (Wildman–Crippen LogP) is 3.59. The highest BCUT2D eigenvalue weighted by atomic mass is 32.2. The van der Waals surface area contributed by atoms with E-state index in [0.717, 1.165) is 29.8 Å². The normalized spacial score (nSPS) is 13.8. The molecular weight excluding hydrogens is 386 g/mol. The highest BCUT2D eigenvalue weighted by Gasteiger charge is 2.21. The van der Waals surface area contributed by atoms with Crippen LogP contribution in [0.15, 0.2) is 41.6 Å². The van der Waals surface area contributed by atoms with Crippen LogP contribution < -0.4 is 10.1 Å². The fourth-order valence-electron chi connectivity index (χ4n) is 3.47. The van der Waals surface area contributed by atoms with Crippen LogP contribution in [0.1, 0.15) is 30.0 Å². The summed E-state index contributed by atoms with van der Waals surface area (Å²) in [6.45, 7) is 3.84. The second-order valence-corrected chi connectivity index (χ2v) is 8.44. The number of methoxy groups -OCH3 is 1. The highest BCUT2D eigenvalue weighted by molar-refractivity contribution is 8.00. The molecule has 1 aliphatic rings. The molecule has 0 bridgehead atoms. The van der Waals surface area contributed by atoms with Crippen molar-refractivity contribution >= 4 is 23.4 Å². The number of nitrogens with zero attached hydrogens (tertiary/aromatic N) is 4. The van der Waals surface area contributed by atoms with Crippen LogP contribution in [0.4, 0.5) is 5.69 Å². The Labute approximate surface area is 173 Å². The second kappa shape index (κ2) is 8.24. The van der Waals surface area contributed by atoms with Crippen LogP contribution >= 0.6 is 11.8 Å². The number of carbonyl (C=O) groups is 1. The van der Waals surface area contributed by atoms with Crippen LogP contribution in [-0.4, -0.2) is 38.5 Å². The largest absolute Gasteiger partial charge is 0.494 e. The molecule has 0 aliphatic heterocycles. The number of hydrogen-bond acceptors (Lipinski definition) is 6. The third-order valence-corrected chi connectivity index (χ3v) is 6.05. The zero-order chi connectivity index (χ0) is 20.4. The highest BCUT2D eigenvalue weighted by Crippen LogP contribution is 2.30. The first-order valence-electron chi connectivity index (χ1n) is 9.58. The lowest BCUT2D eigenvalue weighted by molar-refractivity contribution is -0.115. The van der Waals surface area contributed by atoms with Gasteiger partial charge in [-0.1, -0.05) is 23.9 Å². The van der Waals surface area contributed by atoms with Crippen molar-refractivity contribution in [3.05, 3.63) is 53.1 Å². The van der Waals surface area contributed by atoms with Crippen molar-refractivity contribution in [3.63, 3.8) is 0 Å². The molecule has 0 spiro atoms. The van der Waals surface area contributed by atoms with Gasteiger partial charge in [-0.3, -0.25) is 4.79 Å². The molecule has 4 rings (SSSR count). The SMILES string of the molecule is COc1ccc(C)cc1-n1nnnc1S[C@H](C)C(=O)Nc1ccc2c(c1)CCC2.